The number of methoxy groups -OCH3 is 2. The van der Waals surface area contributed by atoms with Gasteiger partial charge in [-0.05, 0) is 36.6 Å². The third-order valence-corrected chi connectivity index (χ3v) is 3.31. The molecule has 0 radical (unpaired) electrons. The number of ether oxygens (including phenoxy) is 2. The van der Waals surface area contributed by atoms with Gasteiger partial charge in [0.2, 0.25) is 0 Å². The van der Waals surface area contributed by atoms with Gasteiger partial charge in [0.25, 0.3) is 0 Å². The van der Waals surface area contributed by atoms with Crippen molar-refractivity contribution >= 4 is 12.2 Å². The first-order valence-corrected chi connectivity index (χ1v) is 8.35. The molecule has 2 nitrogen and oxygen atoms in total. The Hall–Kier alpha value is -2.48. The molecule has 0 unspecified atom stereocenters. The van der Waals surface area contributed by atoms with Crippen molar-refractivity contribution in [3.05, 3.63) is 71.8 Å². The molecule has 0 saturated heterocycles. The minimum Gasteiger partial charge on any atom is -0.497 e. The van der Waals surface area contributed by atoms with Crippen molar-refractivity contribution in [3.8, 4) is 11.5 Å². The van der Waals surface area contributed by atoms with Crippen LogP contribution in [0, 0.1) is 0 Å². The standard InChI is InChI=1S/2C11H14O/c1-3-4-7-10-8-5-6-9-11(10)12-2;1-3-4-6-10-7-5-8-11(9-10)12-2/h2*4-9H,3H2,1-2H3/b7-4+;6-4+. The average Bonchev–Trinajstić information content (AvgIpc) is 2.65. The van der Waals surface area contributed by atoms with Gasteiger partial charge in [-0.3, -0.25) is 0 Å². The molecule has 2 heteroatoms. The normalized spacial score (nSPS) is 10.5. The molecule has 0 N–H and O–H groups in total. The molecule has 0 aliphatic carbocycles. The van der Waals surface area contributed by atoms with Gasteiger partial charge in [0.05, 0.1) is 14.2 Å². The molecule has 0 spiro atoms. The predicted octanol–water partition coefficient (Wildman–Crippen LogP) is 6.24. The van der Waals surface area contributed by atoms with Crippen LogP contribution in [-0.4, -0.2) is 14.2 Å². The summed E-state index contributed by atoms with van der Waals surface area (Å²) in [4.78, 5) is 0. The van der Waals surface area contributed by atoms with Crippen LogP contribution in [0.3, 0.4) is 0 Å². The number of benzene rings is 2. The molecule has 0 aromatic heterocycles. The molecule has 0 atom stereocenters. The van der Waals surface area contributed by atoms with E-state index >= 15 is 0 Å². The third kappa shape index (κ3) is 7.19. The van der Waals surface area contributed by atoms with E-state index in [-0.39, 0.29) is 0 Å². The summed E-state index contributed by atoms with van der Waals surface area (Å²) in [5.41, 5.74) is 2.33. The lowest BCUT2D eigenvalue weighted by Gasteiger charge is -2.02. The maximum Gasteiger partial charge on any atom is 0.126 e. The largest absolute Gasteiger partial charge is 0.497 e. The molecule has 0 aliphatic heterocycles. The van der Waals surface area contributed by atoms with Crippen molar-refractivity contribution in [1.82, 2.24) is 0 Å². The van der Waals surface area contributed by atoms with Crippen molar-refractivity contribution < 1.29 is 9.47 Å². The fraction of sp³-hybridized carbons (Fsp3) is 0.273. The fourth-order valence-corrected chi connectivity index (χ4v) is 2.05. The zero-order valence-corrected chi connectivity index (χ0v) is 15.2. The molecule has 0 heterocycles. The van der Waals surface area contributed by atoms with Gasteiger partial charge < -0.3 is 9.47 Å². The van der Waals surface area contributed by atoms with E-state index in [9.17, 15) is 0 Å². The lowest BCUT2D eigenvalue weighted by Crippen LogP contribution is -1.85. The van der Waals surface area contributed by atoms with Crippen LogP contribution in [0.25, 0.3) is 12.2 Å². The summed E-state index contributed by atoms with van der Waals surface area (Å²) in [5.74, 6) is 1.84. The molecule has 2 rings (SSSR count). The first kappa shape index (κ1) is 19.6. The number of para-hydroxylation sites is 1. The molecule has 128 valence electrons. The van der Waals surface area contributed by atoms with E-state index in [0.29, 0.717) is 0 Å². The zero-order valence-electron chi connectivity index (χ0n) is 15.2. The molecular formula is C22H28O2. The fourth-order valence-electron chi connectivity index (χ4n) is 2.05. The van der Waals surface area contributed by atoms with Crippen LogP contribution in [0.1, 0.15) is 37.8 Å². The van der Waals surface area contributed by atoms with Crippen LogP contribution in [0.5, 0.6) is 11.5 Å². The summed E-state index contributed by atoms with van der Waals surface area (Å²) in [7, 11) is 3.38. The minimum absolute atomic E-state index is 0.910. The zero-order chi connectivity index (χ0) is 17.6. The van der Waals surface area contributed by atoms with Gasteiger partial charge in [-0.15, -0.1) is 0 Å². The second-order valence-electron chi connectivity index (χ2n) is 5.14. The van der Waals surface area contributed by atoms with Crippen LogP contribution < -0.4 is 9.47 Å². The maximum absolute atomic E-state index is 5.19. The third-order valence-electron chi connectivity index (χ3n) is 3.31. The van der Waals surface area contributed by atoms with Crippen molar-refractivity contribution in [1.29, 1.82) is 0 Å². The summed E-state index contributed by atoms with van der Waals surface area (Å²) in [5, 5.41) is 0. The van der Waals surface area contributed by atoms with Gasteiger partial charge in [0, 0.05) is 5.56 Å². The van der Waals surface area contributed by atoms with E-state index in [1.807, 2.05) is 42.5 Å². The molecule has 0 bridgehead atoms. The molecular weight excluding hydrogens is 296 g/mol. The summed E-state index contributed by atoms with van der Waals surface area (Å²) in [6.45, 7) is 4.24. The van der Waals surface area contributed by atoms with Crippen LogP contribution in [-0.2, 0) is 0 Å². The Bertz CT molecular complexity index is 642. The average molecular weight is 324 g/mol. The molecule has 0 fully saturated rings. The number of rotatable bonds is 6. The highest BCUT2D eigenvalue weighted by atomic mass is 16.5. The Kier molecular flexibility index (Phi) is 9.79. The smallest absolute Gasteiger partial charge is 0.126 e. The van der Waals surface area contributed by atoms with Gasteiger partial charge in [0.1, 0.15) is 11.5 Å². The minimum atomic E-state index is 0.910. The van der Waals surface area contributed by atoms with Crippen LogP contribution in [0.4, 0.5) is 0 Å². The lowest BCUT2D eigenvalue weighted by atomic mass is 10.2. The first-order chi connectivity index (χ1) is 11.7. The highest BCUT2D eigenvalue weighted by molar-refractivity contribution is 5.56. The van der Waals surface area contributed by atoms with Crippen LogP contribution >= 0.6 is 0 Å². The van der Waals surface area contributed by atoms with E-state index in [1.165, 1.54) is 5.56 Å². The Morgan fingerprint density at radius 1 is 0.792 bits per heavy atom. The highest BCUT2D eigenvalue weighted by Gasteiger charge is 1.94. The second-order valence-corrected chi connectivity index (χ2v) is 5.14. The Morgan fingerprint density at radius 2 is 1.50 bits per heavy atom. The number of hydrogen-bond donors (Lipinski definition) is 0. The first-order valence-electron chi connectivity index (χ1n) is 8.35. The molecule has 0 saturated carbocycles. The Morgan fingerprint density at radius 3 is 2.17 bits per heavy atom. The number of allylic oxidation sites excluding steroid dienone is 2. The van der Waals surface area contributed by atoms with Gasteiger partial charge in [0.15, 0.2) is 0 Å². The van der Waals surface area contributed by atoms with E-state index in [4.69, 9.17) is 9.47 Å². The van der Waals surface area contributed by atoms with Gasteiger partial charge >= 0.3 is 0 Å². The van der Waals surface area contributed by atoms with E-state index in [2.05, 4.69) is 44.2 Å². The highest BCUT2D eigenvalue weighted by Crippen LogP contribution is 2.18. The second kappa shape index (κ2) is 12.0. The monoisotopic (exact) mass is 324 g/mol. The summed E-state index contributed by atoms with van der Waals surface area (Å²) >= 11 is 0. The Labute approximate surface area is 146 Å². The van der Waals surface area contributed by atoms with E-state index in [0.717, 1.165) is 29.9 Å². The predicted molar refractivity (Wildman–Crippen MR) is 105 cm³/mol. The lowest BCUT2D eigenvalue weighted by molar-refractivity contribution is 0.414. The van der Waals surface area contributed by atoms with Crippen LogP contribution in [0.15, 0.2) is 60.7 Å². The molecule has 0 aliphatic rings. The molecule has 2 aromatic rings. The Balaban J connectivity index is 0.000000240. The SMILES string of the molecule is CC/C=C/c1cccc(OC)c1.CC/C=C/c1ccccc1OC. The molecule has 24 heavy (non-hydrogen) atoms. The van der Waals surface area contributed by atoms with Crippen LogP contribution in [0.2, 0.25) is 0 Å². The van der Waals surface area contributed by atoms with Gasteiger partial charge in [-0.2, -0.15) is 0 Å². The quantitative estimate of drug-likeness (QED) is 0.626. The van der Waals surface area contributed by atoms with E-state index in [1.54, 1.807) is 14.2 Å². The summed E-state index contributed by atoms with van der Waals surface area (Å²) in [6.07, 6.45) is 10.6. The summed E-state index contributed by atoms with van der Waals surface area (Å²) < 4.78 is 10.3. The molecule has 2 aromatic carbocycles. The maximum atomic E-state index is 5.19. The topological polar surface area (TPSA) is 18.5 Å². The number of hydrogen-bond acceptors (Lipinski definition) is 2. The summed E-state index contributed by atoms with van der Waals surface area (Å²) in [6, 6.07) is 16.0. The molecule has 0 amide bonds. The van der Waals surface area contributed by atoms with Crippen molar-refractivity contribution in [3.63, 3.8) is 0 Å². The van der Waals surface area contributed by atoms with Crippen molar-refractivity contribution in [2.24, 2.45) is 0 Å². The van der Waals surface area contributed by atoms with Crippen molar-refractivity contribution in [2.75, 3.05) is 14.2 Å². The van der Waals surface area contributed by atoms with E-state index < -0.39 is 0 Å². The van der Waals surface area contributed by atoms with Gasteiger partial charge in [-0.25, -0.2) is 0 Å². The van der Waals surface area contributed by atoms with Crippen molar-refractivity contribution in [2.45, 2.75) is 26.7 Å². The van der Waals surface area contributed by atoms with Gasteiger partial charge in [-0.1, -0.05) is 68.5 Å².